The summed E-state index contributed by atoms with van der Waals surface area (Å²) < 4.78 is 5.68. The summed E-state index contributed by atoms with van der Waals surface area (Å²) >= 11 is 6.00. The summed E-state index contributed by atoms with van der Waals surface area (Å²) in [5, 5.41) is 0.473. The second-order valence-corrected chi connectivity index (χ2v) is 9.05. The van der Waals surface area contributed by atoms with Crippen LogP contribution in [0.3, 0.4) is 0 Å². The van der Waals surface area contributed by atoms with Gasteiger partial charge in [0.15, 0.2) is 6.10 Å². The lowest BCUT2D eigenvalue weighted by Crippen LogP contribution is -2.29. The predicted octanol–water partition coefficient (Wildman–Crippen LogP) is 6.23. The average molecular weight is 510 g/mol. The van der Waals surface area contributed by atoms with Gasteiger partial charge in [-0.1, -0.05) is 71.8 Å². The molecule has 1 atom stereocenters. The number of fused-ring (bicyclic) bond motifs is 1. The summed E-state index contributed by atoms with van der Waals surface area (Å²) in [5.41, 5.74) is 2.59. The monoisotopic (exact) mass is 509 g/mol. The molecule has 0 aromatic heterocycles. The Morgan fingerprint density at radius 3 is 2.08 bits per heavy atom. The molecule has 1 aliphatic heterocycles. The number of hydrogen-bond acceptors (Lipinski definition) is 5. The number of carbonyl (C=O) groups excluding carboxylic acids is 4. The Labute approximate surface area is 218 Å². The molecule has 0 bridgehead atoms. The largest absolute Gasteiger partial charge is 0.445 e. The minimum absolute atomic E-state index is 0.0467. The molecule has 0 saturated heterocycles. The van der Waals surface area contributed by atoms with Gasteiger partial charge >= 0.3 is 5.97 Å². The lowest BCUT2D eigenvalue weighted by Gasteiger charge is -2.18. The van der Waals surface area contributed by atoms with Gasteiger partial charge in [0.25, 0.3) is 11.8 Å². The molecular weight excluding hydrogens is 490 g/mol. The number of benzene rings is 4. The topological polar surface area (TPSA) is 80.8 Å². The third-order valence-corrected chi connectivity index (χ3v) is 6.36. The number of ether oxygens (including phenoxy) is 1. The molecule has 0 unspecified atom stereocenters. The summed E-state index contributed by atoms with van der Waals surface area (Å²) in [6, 6.07) is 26.1. The maximum Gasteiger partial charge on any atom is 0.339 e. The first-order valence-corrected chi connectivity index (χ1v) is 11.9. The SMILES string of the molecule is Cc1ccc(N2C(=O)c3ccc(C(=O)O[C@@H](C(=O)c4ccccc4)c4ccc(Cl)cc4)cc3C2=O)cc1. The molecule has 0 saturated carbocycles. The third kappa shape index (κ3) is 4.67. The Bertz CT molecular complexity index is 1530. The van der Waals surface area contributed by atoms with Crippen molar-refractivity contribution in [2.24, 2.45) is 0 Å². The zero-order valence-electron chi connectivity index (χ0n) is 19.7. The number of anilines is 1. The number of imide groups is 1. The van der Waals surface area contributed by atoms with Gasteiger partial charge in [-0.05, 0) is 49.4 Å². The molecule has 0 radical (unpaired) electrons. The number of esters is 1. The molecule has 0 N–H and O–H groups in total. The van der Waals surface area contributed by atoms with Crippen molar-refractivity contribution in [3.8, 4) is 0 Å². The molecule has 4 aromatic rings. The molecule has 4 aromatic carbocycles. The number of rotatable bonds is 6. The van der Waals surface area contributed by atoms with Crippen LogP contribution < -0.4 is 4.90 Å². The maximum absolute atomic E-state index is 13.3. The molecule has 7 heteroatoms. The summed E-state index contributed by atoms with van der Waals surface area (Å²) in [7, 11) is 0. The van der Waals surface area contributed by atoms with Gasteiger partial charge in [-0.3, -0.25) is 14.4 Å². The van der Waals surface area contributed by atoms with E-state index in [0.29, 0.717) is 21.8 Å². The maximum atomic E-state index is 13.3. The number of aryl methyl sites for hydroxylation is 1. The van der Waals surface area contributed by atoms with Crippen LogP contribution in [0.1, 0.15) is 58.7 Å². The molecule has 1 heterocycles. The van der Waals surface area contributed by atoms with Gasteiger partial charge in [-0.2, -0.15) is 0 Å². The molecule has 37 heavy (non-hydrogen) atoms. The predicted molar refractivity (Wildman–Crippen MR) is 139 cm³/mol. The zero-order chi connectivity index (χ0) is 26.1. The quantitative estimate of drug-likeness (QED) is 0.175. The fourth-order valence-electron chi connectivity index (χ4n) is 4.14. The van der Waals surface area contributed by atoms with E-state index in [1.54, 1.807) is 66.7 Å². The van der Waals surface area contributed by atoms with Crippen molar-refractivity contribution in [3.63, 3.8) is 0 Å². The van der Waals surface area contributed by atoms with Crippen LogP contribution in [0.15, 0.2) is 97.1 Å². The smallest absolute Gasteiger partial charge is 0.339 e. The molecule has 5 rings (SSSR count). The van der Waals surface area contributed by atoms with Crippen LogP contribution in [0.2, 0.25) is 5.02 Å². The number of hydrogen-bond donors (Lipinski definition) is 0. The lowest BCUT2D eigenvalue weighted by atomic mass is 9.99. The Morgan fingerprint density at radius 1 is 0.757 bits per heavy atom. The van der Waals surface area contributed by atoms with E-state index in [4.69, 9.17) is 16.3 Å². The second kappa shape index (κ2) is 9.84. The van der Waals surface area contributed by atoms with Gasteiger partial charge in [-0.15, -0.1) is 0 Å². The van der Waals surface area contributed by atoms with E-state index >= 15 is 0 Å². The molecule has 0 fully saturated rings. The first-order chi connectivity index (χ1) is 17.8. The fraction of sp³-hybridized carbons (Fsp3) is 0.0667. The van der Waals surface area contributed by atoms with E-state index in [-0.39, 0.29) is 16.7 Å². The summed E-state index contributed by atoms with van der Waals surface area (Å²) in [4.78, 5) is 53.6. The summed E-state index contributed by atoms with van der Waals surface area (Å²) in [6.07, 6.45) is -1.23. The van der Waals surface area contributed by atoms with Crippen molar-refractivity contribution in [3.05, 3.63) is 135 Å². The molecule has 0 aliphatic carbocycles. The van der Waals surface area contributed by atoms with Gasteiger partial charge in [-0.25, -0.2) is 9.69 Å². The van der Waals surface area contributed by atoms with E-state index in [1.807, 2.05) is 19.1 Å². The van der Waals surface area contributed by atoms with E-state index in [1.165, 1.54) is 18.2 Å². The van der Waals surface area contributed by atoms with E-state index in [0.717, 1.165) is 10.5 Å². The van der Waals surface area contributed by atoms with Crippen LogP contribution in [0.5, 0.6) is 0 Å². The van der Waals surface area contributed by atoms with Crippen LogP contribution in [0.25, 0.3) is 0 Å². The van der Waals surface area contributed by atoms with E-state index < -0.39 is 29.7 Å². The van der Waals surface area contributed by atoms with Crippen LogP contribution in [0, 0.1) is 6.92 Å². The Morgan fingerprint density at radius 2 is 1.41 bits per heavy atom. The highest BCUT2D eigenvalue weighted by molar-refractivity contribution is 6.34. The molecule has 182 valence electrons. The minimum Gasteiger partial charge on any atom is -0.445 e. The van der Waals surface area contributed by atoms with Crippen molar-refractivity contribution < 1.29 is 23.9 Å². The fourth-order valence-corrected chi connectivity index (χ4v) is 4.26. The minimum atomic E-state index is -1.23. The van der Waals surface area contributed by atoms with Crippen molar-refractivity contribution in [2.45, 2.75) is 13.0 Å². The summed E-state index contributed by atoms with van der Waals surface area (Å²) in [6.45, 7) is 1.91. The Hall–Kier alpha value is -4.55. The molecule has 0 spiro atoms. The normalized spacial score (nSPS) is 13.3. The van der Waals surface area contributed by atoms with E-state index in [2.05, 4.69) is 0 Å². The van der Waals surface area contributed by atoms with Crippen molar-refractivity contribution >= 4 is 40.9 Å². The molecule has 6 nitrogen and oxygen atoms in total. The van der Waals surface area contributed by atoms with Crippen molar-refractivity contribution in [1.82, 2.24) is 0 Å². The van der Waals surface area contributed by atoms with Crippen LogP contribution >= 0.6 is 11.6 Å². The van der Waals surface area contributed by atoms with Crippen LogP contribution in [0.4, 0.5) is 5.69 Å². The van der Waals surface area contributed by atoms with Gasteiger partial charge in [0.1, 0.15) is 0 Å². The first-order valence-electron chi connectivity index (χ1n) is 11.5. The number of carbonyl (C=O) groups is 4. The standard InChI is InChI=1S/C30H20ClNO5/c1-18-7-14-23(15-8-18)32-28(34)24-16-11-21(17-25(24)29(32)35)30(36)37-27(20-9-12-22(31)13-10-20)26(33)19-5-3-2-4-6-19/h2-17,27H,1H3/t27-/m1/s1. The van der Waals surface area contributed by atoms with Gasteiger partial charge < -0.3 is 4.74 Å². The van der Waals surface area contributed by atoms with Crippen LogP contribution in [-0.4, -0.2) is 23.6 Å². The van der Waals surface area contributed by atoms with E-state index in [9.17, 15) is 19.2 Å². The number of amides is 2. The Balaban J connectivity index is 1.45. The number of Topliss-reactive ketones (excluding diaryl/α,β-unsaturated/α-hetero) is 1. The number of halogens is 1. The highest BCUT2D eigenvalue weighted by Crippen LogP contribution is 2.31. The van der Waals surface area contributed by atoms with Gasteiger partial charge in [0.2, 0.25) is 5.78 Å². The van der Waals surface area contributed by atoms with Crippen molar-refractivity contribution in [2.75, 3.05) is 4.90 Å². The van der Waals surface area contributed by atoms with Gasteiger partial charge in [0.05, 0.1) is 22.4 Å². The number of nitrogens with zero attached hydrogens (tertiary/aromatic N) is 1. The second-order valence-electron chi connectivity index (χ2n) is 8.61. The average Bonchev–Trinajstić information content (AvgIpc) is 3.17. The Kier molecular flexibility index (Phi) is 6.42. The molecule has 2 amide bonds. The van der Waals surface area contributed by atoms with Gasteiger partial charge in [0, 0.05) is 16.1 Å². The molecule has 1 aliphatic rings. The van der Waals surface area contributed by atoms with Crippen LogP contribution in [-0.2, 0) is 4.74 Å². The summed E-state index contributed by atoms with van der Waals surface area (Å²) in [5.74, 6) is -2.22. The zero-order valence-corrected chi connectivity index (χ0v) is 20.4. The van der Waals surface area contributed by atoms with Crippen molar-refractivity contribution in [1.29, 1.82) is 0 Å². The highest BCUT2D eigenvalue weighted by atomic mass is 35.5. The molecular formula is C30H20ClNO5. The number of ketones is 1. The highest BCUT2D eigenvalue weighted by Gasteiger charge is 2.37. The first kappa shape index (κ1) is 24.2. The third-order valence-electron chi connectivity index (χ3n) is 6.11. The lowest BCUT2D eigenvalue weighted by molar-refractivity contribution is 0.0280.